The summed E-state index contributed by atoms with van der Waals surface area (Å²) in [5.41, 5.74) is 0.552. The lowest BCUT2D eigenvalue weighted by atomic mass is 10.3. The second kappa shape index (κ2) is 7.85. The predicted octanol–water partition coefficient (Wildman–Crippen LogP) is 2.16. The van der Waals surface area contributed by atoms with Gasteiger partial charge < -0.3 is 9.64 Å². The van der Waals surface area contributed by atoms with Gasteiger partial charge in [-0.05, 0) is 42.7 Å². The summed E-state index contributed by atoms with van der Waals surface area (Å²) in [5, 5.41) is 2.71. The third-order valence-electron chi connectivity index (χ3n) is 2.97. The van der Waals surface area contributed by atoms with Crippen molar-refractivity contribution >= 4 is 50.0 Å². The van der Waals surface area contributed by atoms with E-state index in [1.54, 1.807) is 18.4 Å². The van der Waals surface area contributed by atoms with E-state index in [2.05, 4.69) is 26.8 Å². The maximum absolute atomic E-state index is 12.4. The molecule has 9 heteroatoms. The van der Waals surface area contributed by atoms with Gasteiger partial charge in [-0.25, -0.2) is 0 Å². The number of aliphatic imine (C=N–C) groups is 1. The molecule has 1 saturated heterocycles. The minimum absolute atomic E-state index is 0.121. The molecule has 1 heterocycles. The summed E-state index contributed by atoms with van der Waals surface area (Å²) >= 11 is 5.82. The summed E-state index contributed by atoms with van der Waals surface area (Å²) in [6, 6.07) is 6.05. The number of rotatable bonds is 3. The van der Waals surface area contributed by atoms with Gasteiger partial charge in [-0.3, -0.25) is 0 Å². The quantitative estimate of drug-likeness (QED) is 0.469. The average Bonchev–Trinajstić information content (AvgIpc) is 2.54. The van der Waals surface area contributed by atoms with Gasteiger partial charge in [0.05, 0.1) is 29.0 Å². The van der Waals surface area contributed by atoms with Crippen molar-refractivity contribution in [2.45, 2.75) is 4.90 Å². The Morgan fingerprint density at radius 3 is 2.50 bits per heavy atom. The molecule has 118 valence electrons. The van der Waals surface area contributed by atoms with Crippen LogP contribution in [0, 0.1) is 0 Å². The zero-order chi connectivity index (χ0) is 16.0. The van der Waals surface area contributed by atoms with E-state index in [-0.39, 0.29) is 4.90 Å². The largest absolute Gasteiger partial charge is 0.378 e. The van der Waals surface area contributed by atoms with Crippen molar-refractivity contribution < 1.29 is 13.2 Å². The molecular formula is C13H15N3O3S3. The van der Waals surface area contributed by atoms with Gasteiger partial charge in [0.15, 0.2) is 5.17 Å². The molecular weight excluding hydrogens is 342 g/mol. The van der Waals surface area contributed by atoms with E-state index in [1.807, 2.05) is 4.90 Å². The molecule has 2 rings (SSSR count). The molecule has 0 atom stereocenters. The molecule has 0 radical (unpaired) electrons. The summed E-state index contributed by atoms with van der Waals surface area (Å²) < 4.78 is 34.0. The Bertz CT molecular complexity index is 689. The number of isothiocyanates is 1. The summed E-state index contributed by atoms with van der Waals surface area (Å²) in [6.45, 7) is 2.42. The average molecular weight is 357 g/mol. The van der Waals surface area contributed by atoms with E-state index in [9.17, 15) is 8.42 Å². The van der Waals surface area contributed by atoms with Crippen LogP contribution in [0.25, 0.3) is 0 Å². The van der Waals surface area contributed by atoms with E-state index in [0.29, 0.717) is 37.2 Å². The molecule has 1 aliphatic rings. The lowest BCUT2D eigenvalue weighted by Gasteiger charge is -2.28. The van der Waals surface area contributed by atoms with Crippen LogP contribution in [0.1, 0.15) is 0 Å². The first-order valence-corrected chi connectivity index (χ1v) is 9.54. The zero-order valence-electron chi connectivity index (χ0n) is 11.9. The van der Waals surface area contributed by atoms with Crippen LogP contribution in [0.3, 0.4) is 0 Å². The summed E-state index contributed by atoms with van der Waals surface area (Å²) in [5.74, 6) is 0. The Kier molecular flexibility index (Phi) is 6.10. The summed E-state index contributed by atoms with van der Waals surface area (Å²) in [4.78, 5) is 5.82. The van der Waals surface area contributed by atoms with Crippen LogP contribution >= 0.6 is 24.0 Å². The predicted molar refractivity (Wildman–Crippen MR) is 91.7 cm³/mol. The van der Waals surface area contributed by atoms with Crippen LogP contribution in [0.15, 0.2) is 38.6 Å². The maximum atomic E-state index is 12.4. The third-order valence-corrected chi connectivity index (χ3v) is 5.17. The number of amidine groups is 1. The molecule has 1 aromatic rings. The maximum Gasteiger partial charge on any atom is 0.284 e. The fourth-order valence-electron chi connectivity index (χ4n) is 1.88. The second-order valence-corrected chi connectivity index (χ2v) is 6.91. The topological polar surface area (TPSA) is 71.3 Å². The fraction of sp³-hybridized carbons (Fsp3) is 0.385. The number of hydrogen-bond donors (Lipinski definition) is 0. The van der Waals surface area contributed by atoms with Gasteiger partial charge in [0.1, 0.15) is 0 Å². The number of thiocarbonyl (C=S) groups is 1. The molecule has 1 fully saturated rings. The molecule has 22 heavy (non-hydrogen) atoms. The van der Waals surface area contributed by atoms with Crippen LogP contribution in [-0.4, -0.2) is 56.2 Å². The van der Waals surface area contributed by atoms with Crippen molar-refractivity contribution in [1.82, 2.24) is 4.90 Å². The van der Waals surface area contributed by atoms with Crippen molar-refractivity contribution in [3.8, 4) is 0 Å². The molecule has 6 nitrogen and oxygen atoms in total. The highest BCUT2D eigenvalue weighted by molar-refractivity contribution is 8.13. The monoisotopic (exact) mass is 357 g/mol. The van der Waals surface area contributed by atoms with E-state index in [0.717, 1.165) is 0 Å². The number of ether oxygens (including phenoxy) is 1. The molecule has 1 aromatic carbocycles. The molecule has 0 spiro atoms. The number of morpholine rings is 1. The first kappa shape index (κ1) is 17.1. The van der Waals surface area contributed by atoms with Crippen LogP contribution in [0.4, 0.5) is 5.69 Å². The molecule has 1 aliphatic heterocycles. The molecule has 0 aliphatic carbocycles. The highest BCUT2D eigenvalue weighted by Gasteiger charge is 2.19. The van der Waals surface area contributed by atoms with E-state index < -0.39 is 10.0 Å². The summed E-state index contributed by atoms with van der Waals surface area (Å²) in [7, 11) is -3.76. The Labute approximate surface area is 139 Å². The van der Waals surface area contributed by atoms with Gasteiger partial charge in [-0.2, -0.15) is 13.4 Å². The molecule has 0 N–H and O–H groups in total. The molecule has 0 amide bonds. The van der Waals surface area contributed by atoms with E-state index in [4.69, 9.17) is 4.74 Å². The third kappa shape index (κ3) is 4.37. The molecule has 0 bridgehead atoms. The lowest BCUT2D eigenvalue weighted by Crippen LogP contribution is -2.39. The normalized spacial score (nSPS) is 16.2. The van der Waals surface area contributed by atoms with Crippen molar-refractivity contribution in [2.24, 2.45) is 9.39 Å². The zero-order valence-corrected chi connectivity index (χ0v) is 14.4. The van der Waals surface area contributed by atoms with Crippen LogP contribution in [0.5, 0.6) is 0 Å². The van der Waals surface area contributed by atoms with E-state index in [1.165, 1.54) is 23.9 Å². The smallest absolute Gasteiger partial charge is 0.284 e. The molecule has 0 aromatic heterocycles. The first-order chi connectivity index (χ1) is 10.6. The lowest BCUT2D eigenvalue weighted by molar-refractivity contribution is 0.0694. The van der Waals surface area contributed by atoms with Gasteiger partial charge in [-0.15, -0.1) is 4.40 Å². The van der Waals surface area contributed by atoms with Crippen LogP contribution in [0.2, 0.25) is 0 Å². The highest BCUT2D eigenvalue weighted by atomic mass is 32.2. The SMILES string of the molecule is CS/C(=N\S(=O)(=O)c1ccc(N=C=S)cc1)N1CCOCC1. The Balaban J connectivity index is 2.27. The Morgan fingerprint density at radius 2 is 1.95 bits per heavy atom. The van der Waals surface area contributed by atoms with Crippen molar-refractivity contribution in [3.05, 3.63) is 24.3 Å². The van der Waals surface area contributed by atoms with Gasteiger partial charge in [0.2, 0.25) is 0 Å². The minimum atomic E-state index is -3.76. The van der Waals surface area contributed by atoms with Gasteiger partial charge in [-0.1, -0.05) is 11.8 Å². The van der Waals surface area contributed by atoms with E-state index >= 15 is 0 Å². The van der Waals surface area contributed by atoms with Crippen LogP contribution in [-0.2, 0) is 14.8 Å². The fourth-order valence-corrected chi connectivity index (χ4v) is 3.92. The number of sulfonamides is 1. The number of nitrogens with zero attached hydrogens (tertiary/aromatic N) is 3. The Hall–Kier alpha value is -1.25. The Morgan fingerprint density at radius 1 is 1.32 bits per heavy atom. The second-order valence-electron chi connectivity index (χ2n) is 4.35. The highest BCUT2D eigenvalue weighted by Crippen LogP contribution is 2.20. The number of hydrogen-bond acceptors (Lipinski definition) is 6. The van der Waals surface area contributed by atoms with Gasteiger partial charge in [0.25, 0.3) is 10.0 Å². The van der Waals surface area contributed by atoms with Crippen molar-refractivity contribution in [2.75, 3.05) is 32.6 Å². The van der Waals surface area contributed by atoms with Crippen LogP contribution < -0.4 is 0 Å². The minimum Gasteiger partial charge on any atom is -0.378 e. The summed E-state index contributed by atoms with van der Waals surface area (Å²) in [6.07, 6.45) is 1.81. The molecule has 0 saturated carbocycles. The van der Waals surface area contributed by atoms with Crippen molar-refractivity contribution in [3.63, 3.8) is 0 Å². The molecule has 0 unspecified atom stereocenters. The first-order valence-electron chi connectivity index (χ1n) is 6.46. The number of thioether (sulfide) groups is 1. The van der Waals surface area contributed by atoms with Gasteiger partial charge in [0, 0.05) is 13.1 Å². The van der Waals surface area contributed by atoms with Gasteiger partial charge >= 0.3 is 0 Å². The standard InChI is InChI=1S/C13H15N3O3S3/c1-21-13(16-6-8-19-9-7-16)15-22(17,18)12-4-2-11(3-5-12)14-10-20/h2-5H,6-9H2,1H3/b15-13-. The number of benzene rings is 1. The van der Waals surface area contributed by atoms with Crippen molar-refractivity contribution in [1.29, 1.82) is 0 Å².